The zero-order chi connectivity index (χ0) is 22.9. The highest BCUT2D eigenvalue weighted by atomic mass is 16.5. The van der Waals surface area contributed by atoms with Crippen molar-refractivity contribution in [2.45, 2.75) is 51.9 Å². The number of nitrogens with two attached hydrogens (primary N) is 1. The molecule has 0 radical (unpaired) electrons. The van der Waals surface area contributed by atoms with Crippen LogP contribution in [0.15, 0.2) is 23.2 Å². The van der Waals surface area contributed by atoms with Gasteiger partial charge in [0.15, 0.2) is 5.96 Å². The van der Waals surface area contributed by atoms with Crippen LogP contribution in [0.2, 0.25) is 0 Å². The van der Waals surface area contributed by atoms with Crippen molar-refractivity contribution in [2.24, 2.45) is 22.6 Å². The average Bonchev–Trinajstić information content (AvgIpc) is 3.63. The van der Waals surface area contributed by atoms with E-state index in [0.717, 1.165) is 62.9 Å². The number of aliphatic hydroxyl groups excluding tert-OH is 1. The van der Waals surface area contributed by atoms with Gasteiger partial charge >= 0.3 is 0 Å². The summed E-state index contributed by atoms with van der Waals surface area (Å²) in [5, 5.41) is 11.6. The van der Waals surface area contributed by atoms with Gasteiger partial charge in [-0.25, -0.2) is 0 Å². The molecule has 2 amide bonds. The Morgan fingerprint density at radius 1 is 1.22 bits per heavy atom. The number of aliphatic imine (C=N–C) groups is 1. The van der Waals surface area contributed by atoms with Crippen LogP contribution in [0.5, 0.6) is 5.75 Å². The maximum absolute atomic E-state index is 12.2. The number of guanidine groups is 1. The highest BCUT2D eigenvalue weighted by Gasteiger charge is 2.30. The fourth-order valence-corrected chi connectivity index (χ4v) is 3.97. The van der Waals surface area contributed by atoms with Crippen LogP contribution in [0, 0.1) is 18.8 Å². The molecule has 8 nitrogen and oxygen atoms in total. The van der Waals surface area contributed by atoms with Crippen molar-refractivity contribution in [1.29, 1.82) is 0 Å². The van der Waals surface area contributed by atoms with E-state index in [2.05, 4.69) is 10.3 Å². The number of amides is 2. The molecule has 0 spiro atoms. The summed E-state index contributed by atoms with van der Waals surface area (Å²) in [6.45, 7) is 4.76. The Morgan fingerprint density at radius 2 is 1.97 bits per heavy atom. The van der Waals surface area contributed by atoms with Crippen LogP contribution >= 0.6 is 0 Å². The molecule has 0 atom stereocenters. The molecule has 1 aromatic rings. The van der Waals surface area contributed by atoms with Crippen LogP contribution in [0.1, 0.15) is 60.9 Å². The van der Waals surface area contributed by atoms with Crippen LogP contribution in [0.3, 0.4) is 0 Å². The number of benzene rings is 1. The second-order valence-corrected chi connectivity index (χ2v) is 8.81. The first-order chi connectivity index (χ1) is 15.5. The first kappa shape index (κ1) is 24.0. The largest absolute Gasteiger partial charge is 0.494 e. The van der Waals surface area contributed by atoms with E-state index < -0.39 is 0 Å². The number of hydrogen-bond acceptors (Lipinski definition) is 4. The van der Waals surface area contributed by atoms with Crippen LogP contribution in [-0.2, 0) is 4.79 Å². The lowest BCUT2D eigenvalue weighted by Gasteiger charge is -2.32. The van der Waals surface area contributed by atoms with Gasteiger partial charge in [0, 0.05) is 37.7 Å². The Morgan fingerprint density at radius 3 is 2.62 bits per heavy atom. The summed E-state index contributed by atoms with van der Waals surface area (Å²) in [5.74, 6) is 1.70. The Balaban J connectivity index is 1.34. The third-order valence-electron chi connectivity index (χ3n) is 6.18. The number of rotatable bonds is 10. The Kier molecular flexibility index (Phi) is 8.90. The van der Waals surface area contributed by atoms with Crippen molar-refractivity contribution in [3.8, 4) is 5.75 Å². The topological polar surface area (TPSA) is 117 Å². The van der Waals surface area contributed by atoms with E-state index in [1.54, 1.807) is 6.07 Å². The Hall–Kier alpha value is -2.61. The van der Waals surface area contributed by atoms with Gasteiger partial charge in [-0.2, -0.15) is 4.99 Å². The van der Waals surface area contributed by atoms with Crippen molar-refractivity contribution in [3.05, 3.63) is 29.3 Å². The highest BCUT2D eigenvalue weighted by molar-refractivity contribution is 5.96. The number of likely N-dealkylation sites (tertiary alicyclic amines) is 1. The Labute approximate surface area is 190 Å². The summed E-state index contributed by atoms with van der Waals surface area (Å²) in [6, 6.07) is 5.51. The lowest BCUT2D eigenvalue weighted by Crippen LogP contribution is -2.43. The third kappa shape index (κ3) is 7.22. The second-order valence-electron chi connectivity index (χ2n) is 8.81. The van der Waals surface area contributed by atoms with Crippen LogP contribution in [0.4, 0.5) is 0 Å². The van der Waals surface area contributed by atoms with Gasteiger partial charge in [0.05, 0.1) is 6.61 Å². The first-order valence-electron chi connectivity index (χ1n) is 11.7. The smallest absolute Gasteiger partial charge is 0.251 e. The molecule has 3 rings (SSSR count). The summed E-state index contributed by atoms with van der Waals surface area (Å²) < 4.78 is 5.89. The van der Waals surface area contributed by atoms with Gasteiger partial charge in [0.1, 0.15) is 5.75 Å². The zero-order valence-corrected chi connectivity index (χ0v) is 19.0. The fraction of sp³-hybridized carbons (Fsp3) is 0.625. The van der Waals surface area contributed by atoms with Gasteiger partial charge in [0.2, 0.25) is 0 Å². The summed E-state index contributed by atoms with van der Waals surface area (Å²) in [4.78, 5) is 30.1. The molecule has 2 aliphatic rings. The van der Waals surface area contributed by atoms with Gasteiger partial charge < -0.3 is 25.8 Å². The molecule has 1 aliphatic carbocycles. The molecule has 1 aliphatic heterocycles. The molecule has 8 heteroatoms. The van der Waals surface area contributed by atoms with Crippen molar-refractivity contribution in [2.75, 3.05) is 32.8 Å². The molecule has 0 bridgehead atoms. The molecule has 0 aromatic heterocycles. The van der Waals surface area contributed by atoms with Gasteiger partial charge in [-0.3, -0.25) is 9.59 Å². The van der Waals surface area contributed by atoms with Crippen LogP contribution in [0.25, 0.3) is 0 Å². The van der Waals surface area contributed by atoms with E-state index in [4.69, 9.17) is 15.6 Å². The number of ether oxygens (including phenoxy) is 1. The van der Waals surface area contributed by atoms with Gasteiger partial charge in [-0.1, -0.05) is 0 Å². The van der Waals surface area contributed by atoms with Crippen molar-refractivity contribution >= 4 is 17.8 Å². The molecular formula is C24H36N4O4. The SMILES string of the molecule is Cc1cc(OCCCC2CCN(C(N)=NC(=O)C3CC3)CC2)ccc1C(=O)NCCCO. The molecule has 1 saturated heterocycles. The minimum absolute atomic E-state index is 0.0626. The predicted molar refractivity (Wildman–Crippen MR) is 124 cm³/mol. The van der Waals surface area contributed by atoms with E-state index >= 15 is 0 Å². The molecule has 1 aromatic carbocycles. The molecule has 2 fully saturated rings. The van der Waals surface area contributed by atoms with Gasteiger partial charge in [0.25, 0.3) is 11.8 Å². The summed E-state index contributed by atoms with van der Waals surface area (Å²) in [6.07, 6.45) is 6.60. The second kappa shape index (κ2) is 11.9. The quantitative estimate of drug-likeness (QED) is 0.289. The molecule has 32 heavy (non-hydrogen) atoms. The number of aliphatic hydroxyl groups is 1. The Bertz CT molecular complexity index is 814. The number of carbonyl (C=O) groups excluding carboxylic acids is 2. The summed E-state index contributed by atoms with van der Waals surface area (Å²) >= 11 is 0. The van der Waals surface area contributed by atoms with E-state index in [-0.39, 0.29) is 24.3 Å². The van der Waals surface area contributed by atoms with Gasteiger partial charge in [-0.05, 0) is 81.5 Å². The van der Waals surface area contributed by atoms with Crippen molar-refractivity contribution < 1.29 is 19.4 Å². The first-order valence-corrected chi connectivity index (χ1v) is 11.7. The van der Waals surface area contributed by atoms with Gasteiger partial charge in [-0.15, -0.1) is 0 Å². The highest BCUT2D eigenvalue weighted by Crippen LogP contribution is 2.30. The maximum Gasteiger partial charge on any atom is 0.251 e. The fourth-order valence-electron chi connectivity index (χ4n) is 3.97. The summed E-state index contributed by atoms with van der Waals surface area (Å²) in [7, 11) is 0. The number of carbonyl (C=O) groups is 2. The minimum atomic E-state index is -0.128. The van der Waals surface area contributed by atoms with Crippen LogP contribution < -0.4 is 15.8 Å². The predicted octanol–water partition coefficient (Wildman–Crippen LogP) is 2.23. The van der Waals surface area contributed by atoms with Crippen molar-refractivity contribution in [3.63, 3.8) is 0 Å². The lowest BCUT2D eigenvalue weighted by molar-refractivity contribution is -0.119. The normalized spacial score (nSPS) is 17.3. The molecular weight excluding hydrogens is 408 g/mol. The average molecular weight is 445 g/mol. The monoisotopic (exact) mass is 444 g/mol. The molecule has 176 valence electrons. The third-order valence-corrected chi connectivity index (χ3v) is 6.18. The molecule has 1 heterocycles. The van der Waals surface area contributed by atoms with E-state index in [1.165, 1.54) is 0 Å². The lowest BCUT2D eigenvalue weighted by atomic mass is 9.92. The number of nitrogens with one attached hydrogen (secondary N) is 1. The van der Waals surface area contributed by atoms with E-state index in [1.807, 2.05) is 24.0 Å². The van der Waals surface area contributed by atoms with E-state index in [0.29, 0.717) is 37.0 Å². The zero-order valence-electron chi connectivity index (χ0n) is 19.0. The molecule has 1 saturated carbocycles. The van der Waals surface area contributed by atoms with Crippen molar-refractivity contribution in [1.82, 2.24) is 10.2 Å². The number of hydrogen-bond donors (Lipinski definition) is 3. The maximum atomic E-state index is 12.2. The number of nitrogens with zero attached hydrogens (tertiary/aromatic N) is 2. The summed E-state index contributed by atoms with van der Waals surface area (Å²) in [5.41, 5.74) is 7.52. The molecule has 4 N–H and O–H groups in total. The number of piperidine rings is 1. The van der Waals surface area contributed by atoms with Crippen LogP contribution in [-0.4, -0.2) is 60.6 Å². The number of aryl methyl sites for hydroxylation is 1. The standard InChI is InChI=1S/C24H36N4O4/c1-17-16-20(7-8-21(17)23(31)26-11-3-14-29)32-15-2-4-18-9-12-28(13-10-18)24(25)27-22(30)19-5-6-19/h7-8,16,18-19,29H,2-6,9-15H2,1H3,(H,26,31)(H2,25,27,30). The molecule has 0 unspecified atom stereocenters. The minimum Gasteiger partial charge on any atom is -0.494 e. The van der Waals surface area contributed by atoms with E-state index in [9.17, 15) is 9.59 Å².